The summed E-state index contributed by atoms with van der Waals surface area (Å²) in [6.07, 6.45) is 0. The van der Waals surface area contributed by atoms with E-state index in [2.05, 4.69) is 22.6 Å². The predicted molar refractivity (Wildman–Crippen MR) is 106 cm³/mol. The van der Waals surface area contributed by atoms with Crippen molar-refractivity contribution in [1.29, 1.82) is 0 Å². The van der Waals surface area contributed by atoms with Crippen LogP contribution >= 0.6 is 12.2 Å². The SMILES string of the molecule is CN1CCN(C(=O)c2ccccc2NC(=S)Nc2ccccc2)CC1. The van der Waals surface area contributed by atoms with E-state index in [4.69, 9.17) is 12.2 Å². The Kier molecular flexibility index (Phi) is 5.63. The van der Waals surface area contributed by atoms with Crippen molar-refractivity contribution in [2.75, 3.05) is 43.9 Å². The normalized spacial score (nSPS) is 14.8. The molecule has 2 N–H and O–H groups in total. The standard InChI is InChI=1S/C19H22N4OS/c1-22-11-13-23(14-12-22)18(24)16-9-5-6-10-17(16)21-19(25)20-15-7-3-2-4-8-15/h2-10H,11-14H2,1H3,(H2,20,21,25). The van der Waals surface area contributed by atoms with E-state index in [1.165, 1.54) is 0 Å². The molecule has 0 atom stereocenters. The summed E-state index contributed by atoms with van der Waals surface area (Å²) < 4.78 is 0. The zero-order valence-electron chi connectivity index (χ0n) is 14.2. The molecule has 2 aromatic carbocycles. The van der Waals surface area contributed by atoms with Gasteiger partial charge in [0.05, 0.1) is 11.3 Å². The Morgan fingerprint density at radius 1 is 0.920 bits per heavy atom. The van der Waals surface area contributed by atoms with Crippen molar-refractivity contribution in [1.82, 2.24) is 9.80 Å². The first-order chi connectivity index (χ1) is 12.1. The molecule has 0 aliphatic carbocycles. The summed E-state index contributed by atoms with van der Waals surface area (Å²) in [5.41, 5.74) is 2.27. The number of hydrogen-bond acceptors (Lipinski definition) is 3. The van der Waals surface area contributed by atoms with E-state index in [1.54, 1.807) is 0 Å². The quantitative estimate of drug-likeness (QED) is 0.830. The Balaban J connectivity index is 1.70. The fraction of sp³-hybridized carbons (Fsp3) is 0.263. The topological polar surface area (TPSA) is 47.6 Å². The van der Waals surface area contributed by atoms with Crippen LogP contribution in [0.2, 0.25) is 0 Å². The molecule has 0 aromatic heterocycles. The van der Waals surface area contributed by atoms with E-state index in [0.29, 0.717) is 10.7 Å². The molecule has 5 nitrogen and oxygen atoms in total. The van der Waals surface area contributed by atoms with Crippen LogP contribution in [-0.2, 0) is 0 Å². The van der Waals surface area contributed by atoms with Crippen LogP contribution < -0.4 is 10.6 Å². The van der Waals surface area contributed by atoms with E-state index >= 15 is 0 Å². The molecule has 1 aliphatic rings. The molecule has 0 saturated carbocycles. The molecule has 0 spiro atoms. The summed E-state index contributed by atoms with van der Waals surface area (Å²) in [6, 6.07) is 17.2. The van der Waals surface area contributed by atoms with Gasteiger partial charge in [-0.15, -0.1) is 0 Å². The summed E-state index contributed by atoms with van der Waals surface area (Å²) in [5, 5.41) is 6.74. The third kappa shape index (κ3) is 4.55. The van der Waals surface area contributed by atoms with Crippen LogP contribution in [0.3, 0.4) is 0 Å². The van der Waals surface area contributed by atoms with Gasteiger partial charge >= 0.3 is 0 Å². The second-order valence-corrected chi connectivity index (χ2v) is 6.49. The largest absolute Gasteiger partial charge is 0.336 e. The van der Waals surface area contributed by atoms with Gasteiger partial charge in [0.25, 0.3) is 5.91 Å². The van der Waals surface area contributed by atoms with Crippen molar-refractivity contribution in [3.8, 4) is 0 Å². The molecule has 25 heavy (non-hydrogen) atoms. The second-order valence-electron chi connectivity index (χ2n) is 6.09. The highest BCUT2D eigenvalue weighted by Crippen LogP contribution is 2.19. The van der Waals surface area contributed by atoms with E-state index in [0.717, 1.165) is 37.6 Å². The number of rotatable bonds is 3. The zero-order valence-corrected chi connectivity index (χ0v) is 15.1. The van der Waals surface area contributed by atoms with E-state index in [1.807, 2.05) is 59.5 Å². The minimum atomic E-state index is 0.0405. The summed E-state index contributed by atoms with van der Waals surface area (Å²) >= 11 is 5.38. The zero-order chi connectivity index (χ0) is 17.6. The maximum atomic E-state index is 12.9. The van der Waals surface area contributed by atoms with Crippen LogP contribution in [-0.4, -0.2) is 54.0 Å². The number of amides is 1. The Bertz CT molecular complexity index is 742. The van der Waals surface area contributed by atoms with Gasteiger partial charge in [-0.05, 0) is 43.5 Å². The van der Waals surface area contributed by atoms with E-state index < -0.39 is 0 Å². The molecule has 1 heterocycles. The summed E-state index contributed by atoms with van der Waals surface area (Å²) in [5.74, 6) is 0.0405. The van der Waals surface area contributed by atoms with Gasteiger partial charge in [0.2, 0.25) is 0 Å². The summed E-state index contributed by atoms with van der Waals surface area (Å²) in [7, 11) is 2.07. The van der Waals surface area contributed by atoms with Crippen LogP contribution in [0.1, 0.15) is 10.4 Å². The van der Waals surface area contributed by atoms with Crippen LogP contribution in [0.4, 0.5) is 11.4 Å². The number of hydrogen-bond donors (Lipinski definition) is 2. The van der Waals surface area contributed by atoms with Gasteiger partial charge in [0, 0.05) is 31.9 Å². The summed E-state index contributed by atoms with van der Waals surface area (Å²) in [6.45, 7) is 3.29. The lowest BCUT2D eigenvalue weighted by molar-refractivity contribution is 0.0665. The minimum absolute atomic E-state index is 0.0405. The third-order valence-corrected chi connectivity index (χ3v) is 4.43. The molecule has 0 unspecified atom stereocenters. The number of nitrogens with zero attached hydrogens (tertiary/aromatic N) is 2. The number of anilines is 2. The predicted octanol–water partition coefficient (Wildman–Crippen LogP) is 2.88. The molecule has 0 bridgehead atoms. The smallest absolute Gasteiger partial charge is 0.256 e. The number of carbonyl (C=O) groups is 1. The number of benzene rings is 2. The van der Waals surface area contributed by atoms with E-state index in [-0.39, 0.29) is 5.91 Å². The molecule has 3 rings (SSSR count). The maximum Gasteiger partial charge on any atom is 0.256 e. The third-order valence-electron chi connectivity index (χ3n) is 4.23. The minimum Gasteiger partial charge on any atom is -0.336 e. The highest BCUT2D eigenvalue weighted by Gasteiger charge is 2.22. The van der Waals surface area contributed by atoms with Crippen molar-refractivity contribution in [3.63, 3.8) is 0 Å². The number of carbonyl (C=O) groups excluding carboxylic acids is 1. The lowest BCUT2D eigenvalue weighted by atomic mass is 10.1. The first kappa shape index (κ1) is 17.4. The molecule has 2 aromatic rings. The molecule has 1 fully saturated rings. The van der Waals surface area contributed by atoms with Gasteiger partial charge in [-0.2, -0.15) is 0 Å². The van der Waals surface area contributed by atoms with Gasteiger partial charge in [0.15, 0.2) is 5.11 Å². The Morgan fingerprint density at radius 2 is 1.56 bits per heavy atom. The number of para-hydroxylation sites is 2. The van der Waals surface area contributed by atoms with Gasteiger partial charge in [-0.25, -0.2) is 0 Å². The molecule has 1 amide bonds. The van der Waals surface area contributed by atoms with Crippen molar-refractivity contribution in [2.45, 2.75) is 0 Å². The lowest BCUT2D eigenvalue weighted by Crippen LogP contribution is -2.47. The molecule has 1 saturated heterocycles. The number of thiocarbonyl (C=S) groups is 1. The van der Waals surface area contributed by atoms with Crippen LogP contribution in [0.15, 0.2) is 54.6 Å². The van der Waals surface area contributed by atoms with Gasteiger partial charge in [-0.3, -0.25) is 4.79 Å². The van der Waals surface area contributed by atoms with Crippen LogP contribution in [0.5, 0.6) is 0 Å². The van der Waals surface area contributed by atoms with Gasteiger partial charge in [0.1, 0.15) is 0 Å². The average molecular weight is 354 g/mol. The molecule has 0 radical (unpaired) electrons. The first-order valence-electron chi connectivity index (χ1n) is 8.33. The van der Waals surface area contributed by atoms with E-state index in [9.17, 15) is 4.79 Å². The molecular weight excluding hydrogens is 332 g/mol. The van der Waals surface area contributed by atoms with Gasteiger partial charge in [-0.1, -0.05) is 30.3 Å². The first-order valence-corrected chi connectivity index (χ1v) is 8.74. The Morgan fingerprint density at radius 3 is 2.28 bits per heavy atom. The van der Waals surface area contributed by atoms with Gasteiger partial charge < -0.3 is 20.4 Å². The van der Waals surface area contributed by atoms with Crippen molar-refractivity contribution in [2.24, 2.45) is 0 Å². The highest BCUT2D eigenvalue weighted by atomic mass is 32.1. The Labute approximate surface area is 153 Å². The van der Waals surface area contributed by atoms with Crippen molar-refractivity contribution >= 4 is 34.6 Å². The number of piperazine rings is 1. The Hall–Kier alpha value is -2.44. The fourth-order valence-corrected chi connectivity index (χ4v) is 2.99. The van der Waals surface area contributed by atoms with Crippen molar-refractivity contribution < 1.29 is 4.79 Å². The summed E-state index contributed by atoms with van der Waals surface area (Å²) in [4.78, 5) is 17.0. The highest BCUT2D eigenvalue weighted by molar-refractivity contribution is 7.80. The molecule has 130 valence electrons. The fourth-order valence-electron chi connectivity index (χ4n) is 2.76. The van der Waals surface area contributed by atoms with Crippen LogP contribution in [0, 0.1) is 0 Å². The average Bonchev–Trinajstić information content (AvgIpc) is 2.63. The molecule has 1 aliphatic heterocycles. The lowest BCUT2D eigenvalue weighted by Gasteiger charge is -2.32. The maximum absolute atomic E-state index is 12.9. The second kappa shape index (κ2) is 8.09. The molecular formula is C19H22N4OS. The molecule has 6 heteroatoms. The van der Waals surface area contributed by atoms with Crippen LogP contribution in [0.25, 0.3) is 0 Å². The monoisotopic (exact) mass is 354 g/mol. The number of nitrogens with one attached hydrogen (secondary N) is 2. The van der Waals surface area contributed by atoms with Crippen molar-refractivity contribution in [3.05, 3.63) is 60.2 Å². The number of likely N-dealkylation sites (N-methyl/N-ethyl adjacent to an activating group) is 1.